The van der Waals surface area contributed by atoms with E-state index < -0.39 is 0 Å². The van der Waals surface area contributed by atoms with Crippen LogP contribution in [0.1, 0.15) is 49.0 Å². The average molecular weight is 353 g/mol. The van der Waals surface area contributed by atoms with Crippen molar-refractivity contribution in [2.24, 2.45) is 5.92 Å². The normalized spacial score (nSPS) is 19.1. The Labute approximate surface area is 154 Å². The summed E-state index contributed by atoms with van der Waals surface area (Å²) in [5.41, 5.74) is 1.66. The highest BCUT2D eigenvalue weighted by molar-refractivity contribution is 5.98. The number of piperidine rings is 2. The van der Waals surface area contributed by atoms with Crippen molar-refractivity contribution in [2.75, 3.05) is 26.2 Å². The van der Waals surface area contributed by atoms with E-state index in [1.807, 2.05) is 40.1 Å². The second-order valence-corrected chi connectivity index (χ2v) is 7.65. The van der Waals surface area contributed by atoms with Gasteiger partial charge in [0.25, 0.3) is 5.91 Å². The molecule has 4 rings (SSSR count). The summed E-state index contributed by atoms with van der Waals surface area (Å²) >= 11 is 0. The molecule has 5 nitrogen and oxygen atoms in total. The standard InChI is InChI=1S/C21H27N3O2/c25-20(23-10-4-1-5-11-23)14-16-8-12-24(13-9-16)21(26)19-15-17-6-2-3-7-18(17)22-19/h2-3,6-7,15-16,22H,1,4-5,8-14H2. The van der Waals surface area contributed by atoms with E-state index in [4.69, 9.17) is 0 Å². The molecule has 2 amide bonds. The van der Waals surface area contributed by atoms with E-state index in [2.05, 4.69) is 4.98 Å². The molecular weight excluding hydrogens is 326 g/mol. The van der Waals surface area contributed by atoms with E-state index in [0.717, 1.165) is 62.8 Å². The lowest BCUT2D eigenvalue weighted by molar-refractivity contribution is -0.133. The first kappa shape index (κ1) is 17.1. The Morgan fingerprint density at radius 1 is 0.962 bits per heavy atom. The van der Waals surface area contributed by atoms with Crippen molar-refractivity contribution >= 4 is 22.7 Å². The molecule has 3 heterocycles. The van der Waals surface area contributed by atoms with Crippen molar-refractivity contribution in [3.05, 3.63) is 36.0 Å². The quantitative estimate of drug-likeness (QED) is 0.919. The minimum absolute atomic E-state index is 0.0713. The zero-order valence-electron chi connectivity index (χ0n) is 15.2. The Balaban J connectivity index is 1.31. The van der Waals surface area contributed by atoms with Crippen molar-refractivity contribution in [1.82, 2.24) is 14.8 Å². The van der Waals surface area contributed by atoms with Crippen LogP contribution in [0.25, 0.3) is 10.9 Å². The zero-order chi connectivity index (χ0) is 17.9. The summed E-state index contributed by atoms with van der Waals surface area (Å²) in [5.74, 6) is 0.795. The first-order valence-electron chi connectivity index (χ1n) is 9.85. The summed E-state index contributed by atoms with van der Waals surface area (Å²) in [6, 6.07) is 9.89. The average Bonchev–Trinajstić information content (AvgIpc) is 3.13. The van der Waals surface area contributed by atoms with Crippen LogP contribution in [0.2, 0.25) is 0 Å². The summed E-state index contributed by atoms with van der Waals surface area (Å²) in [7, 11) is 0. The van der Waals surface area contributed by atoms with Crippen molar-refractivity contribution < 1.29 is 9.59 Å². The van der Waals surface area contributed by atoms with Gasteiger partial charge >= 0.3 is 0 Å². The number of rotatable bonds is 3. The number of aromatic amines is 1. The minimum Gasteiger partial charge on any atom is -0.351 e. The number of fused-ring (bicyclic) bond motifs is 1. The number of likely N-dealkylation sites (tertiary alicyclic amines) is 2. The molecule has 1 N–H and O–H groups in total. The lowest BCUT2D eigenvalue weighted by atomic mass is 9.92. The highest BCUT2D eigenvalue weighted by Crippen LogP contribution is 2.24. The summed E-state index contributed by atoms with van der Waals surface area (Å²) in [4.78, 5) is 32.4. The summed E-state index contributed by atoms with van der Waals surface area (Å²) < 4.78 is 0. The monoisotopic (exact) mass is 353 g/mol. The van der Waals surface area contributed by atoms with Gasteiger partial charge in [0.2, 0.25) is 5.91 Å². The van der Waals surface area contributed by atoms with Crippen LogP contribution in [0.4, 0.5) is 0 Å². The fourth-order valence-corrected chi connectivity index (χ4v) is 4.22. The third kappa shape index (κ3) is 3.62. The van der Waals surface area contributed by atoms with Gasteiger partial charge < -0.3 is 14.8 Å². The van der Waals surface area contributed by atoms with Gasteiger partial charge in [-0.05, 0) is 50.2 Å². The predicted octanol–water partition coefficient (Wildman–Crippen LogP) is 3.42. The maximum Gasteiger partial charge on any atom is 0.270 e. The number of H-pyrrole nitrogens is 1. The van der Waals surface area contributed by atoms with Crippen molar-refractivity contribution in [1.29, 1.82) is 0 Å². The molecule has 0 saturated carbocycles. The Hall–Kier alpha value is -2.30. The topological polar surface area (TPSA) is 56.4 Å². The SMILES string of the molecule is O=C(CC1CCN(C(=O)c2cc3ccccc3[nH]2)CC1)N1CCCCC1. The zero-order valence-corrected chi connectivity index (χ0v) is 15.2. The lowest BCUT2D eigenvalue weighted by Crippen LogP contribution is -2.41. The van der Waals surface area contributed by atoms with Crippen LogP contribution in [0, 0.1) is 5.92 Å². The number of amides is 2. The van der Waals surface area contributed by atoms with Gasteiger partial charge in [-0.15, -0.1) is 0 Å². The third-order valence-electron chi connectivity index (χ3n) is 5.83. The van der Waals surface area contributed by atoms with E-state index in [1.165, 1.54) is 6.42 Å². The molecule has 2 saturated heterocycles. The summed E-state index contributed by atoms with van der Waals surface area (Å²) in [6.07, 6.45) is 6.02. The van der Waals surface area contributed by atoms with Gasteiger partial charge in [-0.2, -0.15) is 0 Å². The molecule has 26 heavy (non-hydrogen) atoms. The highest BCUT2D eigenvalue weighted by Gasteiger charge is 2.27. The van der Waals surface area contributed by atoms with Gasteiger partial charge in [0.15, 0.2) is 0 Å². The molecule has 2 aromatic rings. The van der Waals surface area contributed by atoms with Crippen LogP contribution < -0.4 is 0 Å². The molecular formula is C21H27N3O2. The van der Waals surface area contributed by atoms with E-state index in [0.29, 0.717) is 23.9 Å². The van der Waals surface area contributed by atoms with E-state index in [-0.39, 0.29) is 5.91 Å². The van der Waals surface area contributed by atoms with E-state index in [9.17, 15) is 9.59 Å². The molecule has 0 atom stereocenters. The summed E-state index contributed by atoms with van der Waals surface area (Å²) in [6.45, 7) is 3.34. The molecule has 1 aromatic carbocycles. The van der Waals surface area contributed by atoms with Gasteiger partial charge in [0, 0.05) is 43.5 Å². The molecule has 0 aliphatic carbocycles. The van der Waals surface area contributed by atoms with Gasteiger partial charge in [-0.3, -0.25) is 9.59 Å². The summed E-state index contributed by atoms with van der Waals surface area (Å²) in [5, 5.41) is 1.07. The number of nitrogens with zero attached hydrogens (tertiary/aromatic N) is 2. The van der Waals surface area contributed by atoms with E-state index >= 15 is 0 Å². The van der Waals surface area contributed by atoms with Gasteiger partial charge in [-0.25, -0.2) is 0 Å². The molecule has 5 heteroatoms. The van der Waals surface area contributed by atoms with Gasteiger partial charge in [0.1, 0.15) is 5.69 Å². The number of para-hydroxylation sites is 1. The van der Waals surface area contributed by atoms with Gasteiger partial charge in [0.05, 0.1) is 0 Å². The number of benzene rings is 1. The first-order chi connectivity index (χ1) is 12.7. The Morgan fingerprint density at radius 3 is 2.42 bits per heavy atom. The van der Waals surface area contributed by atoms with Crippen LogP contribution in [0.3, 0.4) is 0 Å². The van der Waals surface area contributed by atoms with Crippen molar-refractivity contribution in [3.8, 4) is 0 Å². The number of carbonyl (C=O) groups is 2. The van der Waals surface area contributed by atoms with Crippen molar-refractivity contribution in [2.45, 2.75) is 38.5 Å². The fourth-order valence-electron chi connectivity index (χ4n) is 4.22. The predicted molar refractivity (Wildman–Crippen MR) is 102 cm³/mol. The van der Waals surface area contributed by atoms with Crippen LogP contribution in [-0.2, 0) is 4.79 Å². The molecule has 1 aromatic heterocycles. The molecule has 138 valence electrons. The maximum atomic E-state index is 12.8. The van der Waals surface area contributed by atoms with Crippen LogP contribution in [0.15, 0.2) is 30.3 Å². The minimum atomic E-state index is 0.0713. The number of aromatic nitrogens is 1. The molecule has 2 fully saturated rings. The Kier molecular flexibility index (Phi) is 4.96. The maximum absolute atomic E-state index is 12.8. The second kappa shape index (κ2) is 7.52. The van der Waals surface area contributed by atoms with Crippen molar-refractivity contribution in [3.63, 3.8) is 0 Å². The number of carbonyl (C=O) groups excluding carboxylic acids is 2. The van der Waals surface area contributed by atoms with Gasteiger partial charge in [-0.1, -0.05) is 18.2 Å². The second-order valence-electron chi connectivity index (χ2n) is 7.65. The fraction of sp³-hybridized carbons (Fsp3) is 0.524. The number of hydrogen-bond donors (Lipinski definition) is 1. The van der Waals surface area contributed by atoms with Crippen LogP contribution in [0.5, 0.6) is 0 Å². The molecule has 0 spiro atoms. The van der Waals surface area contributed by atoms with E-state index in [1.54, 1.807) is 0 Å². The number of hydrogen-bond acceptors (Lipinski definition) is 2. The first-order valence-corrected chi connectivity index (χ1v) is 9.85. The highest BCUT2D eigenvalue weighted by atomic mass is 16.2. The number of nitrogens with one attached hydrogen (secondary N) is 1. The molecule has 2 aliphatic heterocycles. The molecule has 0 unspecified atom stereocenters. The lowest BCUT2D eigenvalue weighted by Gasteiger charge is -2.33. The van der Waals surface area contributed by atoms with Crippen LogP contribution in [-0.4, -0.2) is 52.8 Å². The Bertz CT molecular complexity index is 750. The molecule has 0 radical (unpaired) electrons. The van der Waals surface area contributed by atoms with Crippen LogP contribution >= 0.6 is 0 Å². The Morgan fingerprint density at radius 2 is 1.69 bits per heavy atom. The largest absolute Gasteiger partial charge is 0.351 e. The third-order valence-corrected chi connectivity index (χ3v) is 5.83. The molecule has 0 bridgehead atoms. The smallest absolute Gasteiger partial charge is 0.270 e. The molecule has 2 aliphatic rings.